The van der Waals surface area contributed by atoms with Crippen molar-refractivity contribution in [2.45, 2.75) is 45.8 Å². The zero-order valence-corrected chi connectivity index (χ0v) is 23.3. The Morgan fingerprint density at radius 1 is 1.16 bits per heavy atom. The van der Waals surface area contributed by atoms with Gasteiger partial charge in [-0.3, -0.25) is 4.79 Å². The average molecular weight is 551 g/mol. The number of para-hydroxylation sites is 1. The number of thioether (sulfide) groups is 1. The minimum Gasteiger partial charge on any atom is -0.492 e. The number of ether oxygens (including phenoxy) is 2. The first-order valence-electron chi connectivity index (χ1n) is 12.9. The molecule has 0 bridgehead atoms. The summed E-state index contributed by atoms with van der Waals surface area (Å²) in [5.41, 5.74) is 3.29. The lowest BCUT2D eigenvalue weighted by Crippen LogP contribution is -2.47. The van der Waals surface area contributed by atoms with Crippen LogP contribution in [0.1, 0.15) is 39.2 Å². The van der Waals surface area contributed by atoms with Crippen LogP contribution in [-0.4, -0.2) is 57.7 Å². The van der Waals surface area contributed by atoms with Crippen LogP contribution in [0.2, 0.25) is 5.02 Å². The highest BCUT2D eigenvalue weighted by Crippen LogP contribution is 2.36. The smallest absolute Gasteiger partial charge is 0.286 e. The van der Waals surface area contributed by atoms with Crippen LogP contribution in [0.15, 0.2) is 64.6 Å². The second-order valence-corrected chi connectivity index (χ2v) is 10.9. The molecular formula is C29H31ClN4O3S. The molecule has 2 aliphatic rings. The van der Waals surface area contributed by atoms with Gasteiger partial charge in [-0.1, -0.05) is 43.1 Å². The standard InChI is InChI=1S/C29H31ClN4O3S/c1-4-5-13-36-25-12-11-21(14-24(25)30)27-22(18-34(32-27)23-9-7-6-8-10-23)15-26-28(35)31-29(38-26)33-16-19(2)37-20(3)17-33/h6-12,14-15,18-20H,4-5,13,16-17H2,1-3H3. The molecule has 1 fully saturated rings. The van der Waals surface area contributed by atoms with E-state index in [1.54, 1.807) is 0 Å². The van der Waals surface area contributed by atoms with Gasteiger partial charge in [0.1, 0.15) is 11.4 Å². The van der Waals surface area contributed by atoms with Crippen LogP contribution in [0.4, 0.5) is 0 Å². The largest absolute Gasteiger partial charge is 0.492 e. The topological polar surface area (TPSA) is 68.9 Å². The molecule has 2 unspecified atom stereocenters. The van der Waals surface area contributed by atoms with E-state index in [0.29, 0.717) is 35.4 Å². The van der Waals surface area contributed by atoms with Crippen LogP contribution >= 0.6 is 23.4 Å². The van der Waals surface area contributed by atoms with Crippen molar-refractivity contribution in [2.75, 3.05) is 19.7 Å². The van der Waals surface area contributed by atoms with Crippen molar-refractivity contribution < 1.29 is 14.3 Å². The quantitative estimate of drug-likeness (QED) is 0.249. The Bertz CT molecular complexity index is 1360. The molecule has 1 amide bonds. The van der Waals surface area contributed by atoms with Crippen molar-refractivity contribution in [1.82, 2.24) is 14.7 Å². The van der Waals surface area contributed by atoms with Crippen molar-refractivity contribution in [3.63, 3.8) is 0 Å². The van der Waals surface area contributed by atoms with Crippen LogP contribution in [0.3, 0.4) is 0 Å². The molecule has 7 nitrogen and oxygen atoms in total. The fraction of sp³-hybridized carbons (Fsp3) is 0.345. The van der Waals surface area contributed by atoms with E-state index < -0.39 is 0 Å². The number of carbonyl (C=O) groups excluding carboxylic acids is 1. The minimum atomic E-state index is -0.243. The average Bonchev–Trinajstić information content (AvgIpc) is 3.49. The van der Waals surface area contributed by atoms with Crippen molar-refractivity contribution in [3.8, 4) is 22.7 Å². The maximum Gasteiger partial charge on any atom is 0.286 e. The number of nitrogens with zero attached hydrogens (tertiary/aromatic N) is 4. The monoisotopic (exact) mass is 550 g/mol. The third-order valence-corrected chi connectivity index (χ3v) is 7.65. The van der Waals surface area contributed by atoms with Crippen molar-refractivity contribution in [1.29, 1.82) is 0 Å². The van der Waals surface area contributed by atoms with Gasteiger partial charge < -0.3 is 14.4 Å². The lowest BCUT2D eigenvalue weighted by molar-refractivity contribution is -0.113. The fourth-order valence-electron chi connectivity index (χ4n) is 4.53. The second-order valence-electron chi connectivity index (χ2n) is 9.53. The summed E-state index contributed by atoms with van der Waals surface area (Å²) in [5.74, 6) is 0.410. The Kier molecular flexibility index (Phi) is 8.21. The molecule has 2 aromatic carbocycles. The van der Waals surface area contributed by atoms with Gasteiger partial charge in [-0.25, -0.2) is 4.68 Å². The van der Waals surface area contributed by atoms with Gasteiger partial charge in [-0.05, 0) is 68.4 Å². The van der Waals surface area contributed by atoms with Crippen LogP contribution in [-0.2, 0) is 9.53 Å². The molecule has 2 atom stereocenters. The molecule has 198 valence electrons. The molecule has 0 saturated carbocycles. The summed E-state index contributed by atoms with van der Waals surface area (Å²) >= 11 is 7.99. The highest BCUT2D eigenvalue weighted by molar-refractivity contribution is 8.18. The van der Waals surface area contributed by atoms with E-state index in [9.17, 15) is 4.79 Å². The fourth-order valence-corrected chi connectivity index (χ4v) is 5.69. The van der Waals surface area contributed by atoms with Gasteiger partial charge in [0.05, 0.1) is 34.4 Å². The summed E-state index contributed by atoms with van der Waals surface area (Å²) in [6, 6.07) is 15.6. The minimum absolute atomic E-state index is 0.0829. The number of aromatic nitrogens is 2. The second kappa shape index (κ2) is 11.8. The molecule has 9 heteroatoms. The van der Waals surface area contributed by atoms with Gasteiger partial charge in [0.2, 0.25) is 0 Å². The number of amides is 1. The molecule has 0 radical (unpaired) electrons. The van der Waals surface area contributed by atoms with Crippen LogP contribution in [0.25, 0.3) is 23.0 Å². The zero-order chi connectivity index (χ0) is 26.6. The first-order chi connectivity index (χ1) is 18.4. The van der Waals surface area contributed by atoms with E-state index in [1.807, 2.05) is 79.3 Å². The Labute approximate surface area is 232 Å². The van der Waals surface area contributed by atoms with Gasteiger partial charge in [0, 0.05) is 30.4 Å². The number of rotatable bonds is 7. The van der Waals surface area contributed by atoms with E-state index in [4.69, 9.17) is 26.2 Å². The van der Waals surface area contributed by atoms with Crippen molar-refractivity contribution in [3.05, 3.63) is 70.2 Å². The van der Waals surface area contributed by atoms with Crippen LogP contribution in [0, 0.1) is 0 Å². The Balaban J connectivity index is 1.47. The van der Waals surface area contributed by atoms with Crippen molar-refractivity contribution >= 4 is 40.5 Å². The molecule has 1 aromatic heterocycles. The first-order valence-corrected chi connectivity index (χ1v) is 14.1. The molecule has 2 aliphatic heterocycles. The number of hydrogen-bond donors (Lipinski definition) is 0. The van der Waals surface area contributed by atoms with Crippen LogP contribution < -0.4 is 4.74 Å². The van der Waals surface area contributed by atoms with E-state index in [-0.39, 0.29) is 18.1 Å². The number of benzene rings is 2. The summed E-state index contributed by atoms with van der Waals surface area (Å²) in [6.07, 6.45) is 5.99. The third kappa shape index (κ3) is 5.98. The lowest BCUT2D eigenvalue weighted by Gasteiger charge is -2.35. The first kappa shape index (κ1) is 26.5. The summed E-state index contributed by atoms with van der Waals surface area (Å²) < 4.78 is 13.5. The maximum atomic E-state index is 12.9. The SMILES string of the molecule is CCCCOc1ccc(-c2nn(-c3ccccc3)cc2C=C2SC(N3CC(C)OC(C)C3)=NC2=O)cc1Cl. The Morgan fingerprint density at radius 2 is 1.92 bits per heavy atom. The number of halogens is 1. The normalized spacial score (nSPS) is 20.7. The van der Waals surface area contributed by atoms with E-state index in [1.165, 1.54) is 11.8 Å². The predicted octanol–water partition coefficient (Wildman–Crippen LogP) is 6.45. The van der Waals surface area contributed by atoms with Gasteiger partial charge in [-0.2, -0.15) is 10.1 Å². The Morgan fingerprint density at radius 3 is 2.63 bits per heavy atom. The number of hydrogen-bond acceptors (Lipinski definition) is 6. The molecule has 3 aromatic rings. The van der Waals surface area contributed by atoms with Crippen molar-refractivity contribution in [2.24, 2.45) is 4.99 Å². The molecule has 38 heavy (non-hydrogen) atoms. The number of carbonyl (C=O) groups is 1. The maximum absolute atomic E-state index is 12.9. The van der Waals surface area contributed by atoms with Crippen LogP contribution in [0.5, 0.6) is 5.75 Å². The summed E-state index contributed by atoms with van der Waals surface area (Å²) in [6.45, 7) is 8.24. The summed E-state index contributed by atoms with van der Waals surface area (Å²) in [5, 5.41) is 6.13. The molecular weight excluding hydrogens is 520 g/mol. The lowest BCUT2D eigenvalue weighted by atomic mass is 10.1. The molecule has 3 heterocycles. The predicted molar refractivity (Wildman–Crippen MR) is 154 cm³/mol. The number of amidine groups is 1. The van der Waals surface area contributed by atoms with E-state index in [0.717, 1.165) is 40.5 Å². The highest BCUT2D eigenvalue weighted by Gasteiger charge is 2.31. The van der Waals surface area contributed by atoms with E-state index >= 15 is 0 Å². The van der Waals surface area contributed by atoms with Gasteiger partial charge >= 0.3 is 0 Å². The number of unbranched alkanes of at least 4 members (excludes halogenated alkanes) is 1. The van der Waals surface area contributed by atoms with Gasteiger partial charge in [-0.15, -0.1) is 0 Å². The molecule has 0 aliphatic carbocycles. The Hall–Kier alpha value is -3.07. The van der Waals surface area contributed by atoms with Gasteiger partial charge in [0.25, 0.3) is 5.91 Å². The summed E-state index contributed by atoms with van der Waals surface area (Å²) in [7, 11) is 0. The molecule has 5 rings (SSSR count). The van der Waals surface area contributed by atoms with Gasteiger partial charge in [0.15, 0.2) is 5.17 Å². The molecule has 0 N–H and O–H groups in total. The number of aliphatic imine (C=N–C) groups is 1. The molecule has 1 saturated heterocycles. The molecule has 0 spiro atoms. The number of morpholine rings is 1. The third-order valence-electron chi connectivity index (χ3n) is 6.31. The van der Waals surface area contributed by atoms with E-state index in [2.05, 4.69) is 16.8 Å². The summed E-state index contributed by atoms with van der Waals surface area (Å²) in [4.78, 5) is 20.0. The zero-order valence-electron chi connectivity index (χ0n) is 21.8. The highest BCUT2D eigenvalue weighted by atomic mass is 35.5.